The quantitative estimate of drug-likeness (QED) is 0.740. The fourth-order valence-corrected chi connectivity index (χ4v) is 3.55. The van der Waals surface area contributed by atoms with Gasteiger partial charge in [-0.25, -0.2) is 9.67 Å². The van der Waals surface area contributed by atoms with Crippen molar-refractivity contribution >= 4 is 34.2 Å². The summed E-state index contributed by atoms with van der Waals surface area (Å²) < 4.78 is 1.93. The Balaban J connectivity index is 1.63. The van der Waals surface area contributed by atoms with Crippen LogP contribution in [0.5, 0.6) is 0 Å². The minimum absolute atomic E-state index is 0.275. The first kappa shape index (κ1) is 17.0. The Kier molecular flexibility index (Phi) is 4.61. The second-order valence-corrected chi connectivity index (χ2v) is 6.99. The van der Waals surface area contributed by atoms with Gasteiger partial charge < -0.3 is 10.6 Å². The molecule has 0 aliphatic carbocycles. The molecule has 2 aromatic heterocycles. The molecular weight excluding hydrogens is 350 g/mol. The molecule has 4 rings (SSSR count). The molecule has 1 aliphatic rings. The van der Waals surface area contributed by atoms with E-state index in [-0.39, 0.29) is 5.91 Å². The normalized spacial score (nSPS) is 15.3. The maximum atomic E-state index is 12.6. The Morgan fingerprint density at radius 3 is 2.69 bits per heavy atom. The van der Waals surface area contributed by atoms with Crippen molar-refractivity contribution in [1.29, 1.82) is 0 Å². The standard InChI is InChI=1S/C19H20ClN5O/c1-12-2-4-13(5-3-12)24-19(26)16-10-22-18-15(17(16)20)11-23-25(18)14-6-8-21-9-7-14/h2-5,10-11,14,21H,6-9H2,1H3,(H,24,26). The molecule has 1 amide bonds. The molecule has 134 valence electrons. The molecule has 1 fully saturated rings. The summed E-state index contributed by atoms with van der Waals surface area (Å²) in [7, 11) is 0. The number of carbonyl (C=O) groups is 1. The van der Waals surface area contributed by atoms with Gasteiger partial charge in [-0.15, -0.1) is 0 Å². The summed E-state index contributed by atoms with van der Waals surface area (Å²) in [5.41, 5.74) is 2.94. The van der Waals surface area contributed by atoms with Crippen LogP contribution >= 0.6 is 11.6 Å². The number of pyridine rings is 1. The highest BCUT2D eigenvalue weighted by Gasteiger charge is 2.22. The van der Waals surface area contributed by atoms with E-state index in [2.05, 4.69) is 20.7 Å². The average Bonchev–Trinajstić information content (AvgIpc) is 3.09. The SMILES string of the molecule is Cc1ccc(NC(=O)c2cnc3c(cnn3C3CCNCC3)c2Cl)cc1. The zero-order valence-electron chi connectivity index (χ0n) is 14.5. The van der Waals surface area contributed by atoms with E-state index in [1.54, 1.807) is 6.20 Å². The van der Waals surface area contributed by atoms with Gasteiger partial charge in [0, 0.05) is 11.9 Å². The van der Waals surface area contributed by atoms with Crippen molar-refractivity contribution in [2.45, 2.75) is 25.8 Å². The first-order valence-electron chi connectivity index (χ1n) is 8.74. The van der Waals surface area contributed by atoms with Crippen LogP contribution in [0.4, 0.5) is 5.69 Å². The molecule has 7 heteroatoms. The van der Waals surface area contributed by atoms with Crippen LogP contribution in [0.2, 0.25) is 5.02 Å². The molecule has 0 saturated carbocycles. The van der Waals surface area contributed by atoms with Crippen molar-refractivity contribution in [1.82, 2.24) is 20.1 Å². The smallest absolute Gasteiger partial charge is 0.258 e. The van der Waals surface area contributed by atoms with E-state index in [4.69, 9.17) is 11.6 Å². The van der Waals surface area contributed by atoms with Gasteiger partial charge in [-0.2, -0.15) is 5.10 Å². The van der Waals surface area contributed by atoms with Crippen molar-refractivity contribution in [3.63, 3.8) is 0 Å². The van der Waals surface area contributed by atoms with Gasteiger partial charge in [0.25, 0.3) is 5.91 Å². The summed E-state index contributed by atoms with van der Waals surface area (Å²) in [5.74, 6) is -0.275. The lowest BCUT2D eigenvalue weighted by atomic mass is 10.1. The second kappa shape index (κ2) is 7.05. The molecule has 1 aromatic carbocycles. The highest BCUT2D eigenvalue weighted by Crippen LogP contribution is 2.29. The number of fused-ring (bicyclic) bond motifs is 1. The summed E-state index contributed by atoms with van der Waals surface area (Å²) in [6.07, 6.45) is 5.25. The van der Waals surface area contributed by atoms with Crippen LogP contribution in [0, 0.1) is 6.92 Å². The van der Waals surface area contributed by atoms with Gasteiger partial charge in [0.15, 0.2) is 5.65 Å². The minimum Gasteiger partial charge on any atom is -0.322 e. The number of nitrogens with zero attached hydrogens (tertiary/aromatic N) is 3. The molecule has 1 aliphatic heterocycles. The van der Waals surface area contributed by atoms with Crippen molar-refractivity contribution in [2.75, 3.05) is 18.4 Å². The van der Waals surface area contributed by atoms with E-state index >= 15 is 0 Å². The molecule has 26 heavy (non-hydrogen) atoms. The Bertz CT molecular complexity index is 944. The topological polar surface area (TPSA) is 71.8 Å². The molecule has 0 radical (unpaired) electrons. The number of amides is 1. The predicted octanol–water partition coefficient (Wildman–Crippen LogP) is 3.57. The summed E-state index contributed by atoms with van der Waals surface area (Å²) in [6, 6.07) is 7.93. The van der Waals surface area contributed by atoms with Gasteiger partial charge in [-0.05, 0) is 45.0 Å². The van der Waals surface area contributed by atoms with Crippen LogP contribution < -0.4 is 10.6 Å². The zero-order valence-corrected chi connectivity index (χ0v) is 15.3. The highest BCUT2D eigenvalue weighted by molar-refractivity contribution is 6.38. The number of benzene rings is 1. The van der Waals surface area contributed by atoms with Gasteiger partial charge in [0.2, 0.25) is 0 Å². The first-order valence-corrected chi connectivity index (χ1v) is 9.12. The van der Waals surface area contributed by atoms with E-state index in [9.17, 15) is 4.79 Å². The van der Waals surface area contributed by atoms with Crippen LogP contribution in [-0.2, 0) is 0 Å². The molecule has 1 saturated heterocycles. The number of piperidine rings is 1. The predicted molar refractivity (Wildman–Crippen MR) is 103 cm³/mol. The molecule has 3 heterocycles. The molecule has 6 nitrogen and oxygen atoms in total. The maximum Gasteiger partial charge on any atom is 0.258 e. The van der Waals surface area contributed by atoms with Crippen molar-refractivity contribution in [3.05, 3.63) is 52.8 Å². The van der Waals surface area contributed by atoms with Crippen LogP contribution in [0.3, 0.4) is 0 Å². The lowest BCUT2D eigenvalue weighted by Crippen LogP contribution is -2.29. The van der Waals surface area contributed by atoms with Gasteiger partial charge in [-0.3, -0.25) is 4.79 Å². The van der Waals surface area contributed by atoms with E-state index in [0.29, 0.717) is 22.0 Å². The monoisotopic (exact) mass is 369 g/mol. The molecular formula is C19H20ClN5O. The Hall–Kier alpha value is -2.44. The van der Waals surface area contributed by atoms with Gasteiger partial charge in [0.1, 0.15) is 0 Å². The Morgan fingerprint density at radius 1 is 1.23 bits per heavy atom. The number of hydrogen-bond donors (Lipinski definition) is 2. The largest absolute Gasteiger partial charge is 0.322 e. The van der Waals surface area contributed by atoms with Crippen molar-refractivity contribution in [2.24, 2.45) is 0 Å². The van der Waals surface area contributed by atoms with Crippen molar-refractivity contribution < 1.29 is 4.79 Å². The second-order valence-electron chi connectivity index (χ2n) is 6.61. The molecule has 2 N–H and O–H groups in total. The summed E-state index contributed by atoms with van der Waals surface area (Å²) in [5, 5.41) is 11.8. The Morgan fingerprint density at radius 2 is 1.96 bits per heavy atom. The number of aromatic nitrogens is 3. The molecule has 3 aromatic rings. The average molecular weight is 370 g/mol. The van der Waals surface area contributed by atoms with Crippen molar-refractivity contribution in [3.8, 4) is 0 Å². The summed E-state index contributed by atoms with van der Waals surface area (Å²) in [6.45, 7) is 3.94. The number of aryl methyl sites for hydroxylation is 1. The maximum absolute atomic E-state index is 12.6. The van der Waals surface area contributed by atoms with Gasteiger partial charge in [-0.1, -0.05) is 29.3 Å². The number of carbonyl (C=O) groups excluding carboxylic acids is 1. The third kappa shape index (κ3) is 3.18. The van der Waals surface area contributed by atoms with E-state index < -0.39 is 0 Å². The van der Waals surface area contributed by atoms with Crippen LogP contribution in [0.1, 0.15) is 34.8 Å². The zero-order chi connectivity index (χ0) is 18.1. The van der Waals surface area contributed by atoms with E-state index in [1.165, 1.54) is 6.20 Å². The highest BCUT2D eigenvalue weighted by atomic mass is 35.5. The molecule has 0 atom stereocenters. The van der Waals surface area contributed by atoms with Gasteiger partial charge in [0.05, 0.1) is 28.2 Å². The number of nitrogens with one attached hydrogen (secondary N) is 2. The summed E-state index contributed by atoms with van der Waals surface area (Å²) in [4.78, 5) is 17.1. The Labute approximate surface area is 156 Å². The molecule has 0 spiro atoms. The number of hydrogen-bond acceptors (Lipinski definition) is 4. The summed E-state index contributed by atoms with van der Waals surface area (Å²) >= 11 is 6.51. The number of halogens is 1. The third-order valence-corrected chi connectivity index (χ3v) is 5.17. The molecule has 0 unspecified atom stereocenters. The third-order valence-electron chi connectivity index (χ3n) is 4.77. The lowest BCUT2D eigenvalue weighted by Gasteiger charge is -2.23. The van der Waals surface area contributed by atoms with Crippen LogP contribution in [0.25, 0.3) is 11.0 Å². The minimum atomic E-state index is -0.275. The fraction of sp³-hybridized carbons (Fsp3) is 0.316. The molecule has 0 bridgehead atoms. The van der Waals surface area contributed by atoms with E-state index in [1.807, 2.05) is 35.9 Å². The number of rotatable bonds is 3. The number of anilines is 1. The van der Waals surface area contributed by atoms with E-state index in [0.717, 1.165) is 42.8 Å². The van der Waals surface area contributed by atoms with Crippen LogP contribution in [-0.4, -0.2) is 33.8 Å². The van der Waals surface area contributed by atoms with Gasteiger partial charge >= 0.3 is 0 Å². The first-order chi connectivity index (χ1) is 12.6. The fourth-order valence-electron chi connectivity index (χ4n) is 3.28. The lowest BCUT2D eigenvalue weighted by molar-refractivity contribution is 0.102. The van der Waals surface area contributed by atoms with Crippen LogP contribution in [0.15, 0.2) is 36.7 Å².